The van der Waals surface area contributed by atoms with Crippen molar-refractivity contribution in [2.75, 3.05) is 118 Å². The van der Waals surface area contributed by atoms with Crippen LogP contribution < -0.4 is 72.2 Å². The van der Waals surface area contributed by atoms with Crippen LogP contribution in [0, 0.1) is 11.8 Å². The topological polar surface area (TPSA) is 136 Å². The fourth-order valence-corrected chi connectivity index (χ4v) is 10.2. The highest BCUT2D eigenvalue weighted by Gasteiger charge is 2.42. The van der Waals surface area contributed by atoms with Gasteiger partial charge >= 0.3 is 5.97 Å². The number of quaternary nitrogens is 2. The SMILES string of the molecule is COc1cc2c(cc1OC)C(Cc1cc(OC)c(OC)c(OC)c1)[N+](C)(CCCOC(=O)C#CC(=O)CCC[N+]1(C)CCc3cc(OC)c(OC)cc3C1Cc1cc(OC)c(OC)c(OC)c1)CC2.[Cl-].[Cl-]. The molecule has 2 aliphatic heterocycles. The van der Waals surface area contributed by atoms with Gasteiger partial charge < -0.3 is 85.9 Å². The number of benzene rings is 4. The monoisotopic (exact) mass is 1020 g/mol. The minimum absolute atomic E-state index is 0. The van der Waals surface area contributed by atoms with Crippen LogP contribution in [0.3, 0.4) is 0 Å². The Hall–Kier alpha value is -5.92. The summed E-state index contributed by atoms with van der Waals surface area (Å²) in [6.45, 7) is 3.25. The zero-order valence-electron chi connectivity index (χ0n) is 43.2. The van der Waals surface area contributed by atoms with Gasteiger partial charge in [-0.3, -0.25) is 4.79 Å². The van der Waals surface area contributed by atoms with E-state index in [2.05, 4.69) is 50.2 Å². The molecule has 0 amide bonds. The molecular weight excluding hydrogens is 956 g/mol. The number of esters is 1. The van der Waals surface area contributed by atoms with E-state index in [1.165, 1.54) is 11.1 Å². The standard InChI is InChI=1S/C54H70N2O13.2ClH/c1-55(22-18-37-31-44(59-3)46(61-5)33-40(37)42(55)25-35-27-48(63-7)53(67-11)49(28-35)64-8)20-13-15-39(57)16-17-52(58)69-24-14-21-56(2)23-19-38-32-45(60-4)47(62-6)34-41(38)43(56)26-36-29-50(65-9)54(68-12)51(30-36)66-10;;/h27-34,42-43H,13-15,18-26H2,1-12H3;2*1H/q+2;;/p-2. The number of carbonyl (C=O) groups is 2. The lowest BCUT2D eigenvalue weighted by Crippen LogP contribution is -3.00. The minimum atomic E-state index is -0.720. The average molecular weight is 1030 g/mol. The molecule has 4 atom stereocenters. The maximum absolute atomic E-state index is 13.2. The van der Waals surface area contributed by atoms with Gasteiger partial charge in [-0.1, -0.05) is 0 Å². The first kappa shape index (κ1) is 57.7. The highest BCUT2D eigenvalue weighted by Crippen LogP contribution is 2.47. The molecule has 0 N–H and O–H groups in total. The lowest BCUT2D eigenvalue weighted by Gasteiger charge is -2.46. The van der Waals surface area contributed by atoms with Crippen LogP contribution in [0.25, 0.3) is 0 Å². The molecule has 15 nitrogen and oxygen atoms in total. The maximum atomic E-state index is 13.2. The van der Waals surface area contributed by atoms with Gasteiger partial charge in [0.1, 0.15) is 12.1 Å². The third-order valence-corrected chi connectivity index (χ3v) is 14.0. The van der Waals surface area contributed by atoms with Crippen molar-refractivity contribution in [1.29, 1.82) is 0 Å². The third-order valence-electron chi connectivity index (χ3n) is 14.0. The number of fused-ring (bicyclic) bond motifs is 2. The number of Topliss-reactive ketones (excluding diaryl/α,β-unsaturated/α-hetero) is 1. The molecule has 0 aromatic heterocycles. The zero-order valence-corrected chi connectivity index (χ0v) is 44.7. The number of nitrogens with zero attached hydrogens (tertiary/aromatic N) is 2. The van der Waals surface area contributed by atoms with Crippen LogP contribution in [0.15, 0.2) is 48.5 Å². The normalized spacial score (nSPS) is 18.5. The Morgan fingerprint density at radius 3 is 1.23 bits per heavy atom. The Morgan fingerprint density at radius 1 is 0.493 bits per heavy atom. The van der Waals surface area contributed by atoms with E-state index >= 15 is 0 Å². The molecule has 2 aliphatic rings. The third kappa shape index (κ3) is 13.0. The van der Waals surface area contributed by atoms with Crippen molar-refractivity contribution < 1.29 is 95.5 Å². The number of hydrogen-bond acceptors (Lipinski definition) is 13. The summed E-state index contributed by atoms with van der Waals surface area (Å²) in [4.78, 5) is 26.1. The van der Waals surface area contributed by atoms with Crippen LogP contribution in [-0.2, 0) is 40.0 Å². The predicted octanol–water partition coefficient (Wildman–Crippen LogP) is 1.34. The molecule has 6 rings (SSSR count). The van der Waals surface area contributed by atoms with Gasteiger partial charge in [-0.2, -0.15) is 0 Å². The molecule has 0 radical (unpaired) electrons. The van der Waals surface area contributed by atoms with E-state index in [1.807, 2.05) is 24.3 Å². The van der Waals surface area contributed by atoms with E-state index in [9.17, 15) is 9.59 Å². The smallest absolute Gasteiger partial charge is 0.384 e. The number of likely N-dealkylation sites (N-methyl/N-ethyl adjacent to an activating group) is 2. The Bertz CT molecular complexity index is 2490. The van der Waals surface area contributed by atoms with Crippen molar-refractivity contribution in [1.82, 2.24) is 0 Å². The average Bonchev–Trinajstić information content (AvgIpc) is 3.37. The lowest BCUT2D eigenvalue weighted by molar-refractivity contribution is -0.941. The number of hydrogen-bond donors (Lipinski definition) is 0. The summed E-state index contributed by atoms with van der Waals surface area (Å²) in [7, 11) is 20.7. The van der Waals surface area contributed by atoms with Gasteiger partial charge in [-0.05, 0) is 76.7 Å². The van der Waals surface area contributed by atoms with E-state index in [0.29, 0.717) is 105 Å². The van der Waals surface area contributed by atoms with Crippen molar-refractivity contribution in [2.45, 2.75) is 57.0 Å². The van der Waals surface area contributed by atoms with Gasteiger partial charge in [0.05, 0.1) is 118 Å². The molecule has 0 fully saturated rings. The van der Waals surface area contributed by atoms with Crippen molar-refractivity contribution in [3.05, 3.63) is 81.9 Å². The van der Waals surface area contributed by atoms with Crippen molar-refractivity contribution in [3.63, 3.8) is 0 Å². The Kier molecular flexibility index (Phi) is 21.1. The molecule has 4 unspecified atom stereocenters. The number of carbonyl (C=O) groups excluding carboxylic acids is 2. The Morgan fingerprint density at radius 2 is 0.859 bits per heavy atom. The number of rotatable bonds is 22. The summed E-state index contributed by atoms with van der Waals surface area (Å²) >= 11 is 0. The van der Waals surface area contributed by atoms with Crippen LogP contribution in [0.5, 0.6) is 57.5 Å². The van der Waals surface area contributed by atoms with Gasteiger partial charge in [-0.25, -0.2) is 4.79 Å². The molecule has 0 spiro atoms. The van der Waals surface area contributed by atoms with Crippen LogP contribution in [0.4, 0.5) is 0 Å². The molecule has 4 aromatic rings. The van der Waals surface area contributed by atoms with Crippen LogP contribution in [0.2, 0.25) is 0 Å². The Labute approximate surface area is 431 Å². The molecule has 0 saturated carbocycles. The first-order chi connectivity index (χ1) is 33.2. The van der Waals surface area contributed by atoms with Gasteiger partial charge in [0, 0.05) is 62.0 Å². The minimum Gasteiger partial charge on any atom is -1.00 e. The second kappa shape index (κ2) is 26.0. The first-order valence-electron chi connectivity index (χ1n) is 23.2. The highest BCUT2D eigenvalue weighted by molar-refractivity contribution is 6.01. The number of methoxy groups -OCH3 is 10. The fourth-order valence-electron chi connectivity index (χ4n) is 10.2. The highest BCUT2D eigenvalue weighted by atomic mass is 35.5. The number of ketones is 1. The summed E-state index contributed by atoms with van der Waals surface area (Å²) in [6, 6.07) is 16.2. The van der Waals surface area contributed by atoms with Gasteiger partial charge in [0.15, 0.2) is 46.0 Å². The predicted molar refractivity (Wildman–Crippen MR) is 261 cm³/mol. The molecule has 0 bridgehead atoms. The van der Waals surface area contributed by atoms with E-state index in [-0.39, 0.29) is 55.7 Å². The van der Waals surface area contributed by atoms with Crippen LogP contribution in [0.1, 0.15) is 64.7 Å². The molecule has 71 heavy (non-hydrogen) atoms. The molecule has 17 heteroatoms. The largest absolute Gasteiger partial charge is 1.00 e. The van der Waals surface area contributed by atoms with Gasteiger partial charge in [0.25, 0.3) is 0 Å². The molecule has 0 aliphatic carbocycles. The fraction of sp³-hybridized carbons (Fsp3) is 0.481. The van der Waals surface area contributed by atoms with E-state index in [4.69, 9.17) is 52.1 Å². The number of ether oxygens (including phenoxy) is 11. The second-order valence-corrected chi connectivity index (χ2v) is 17.9. The number of halogens is 2. The summed E-state index contributed by atoms with van der Waals surface area (Å²) in [5.41, 5.74) is 6.72. The molecule has 4 aromatic carbocycles. The van der Waals surface area contributed by atoms with Crippen molar-refractivity contribution >= 4 is 11.8 Å². The summed E-state index contributed by atoms with van der Waals surface area (Å²) in [6.07, 6.45) is 4.31. The zero-order chi connectivity index (χ0) is 49.9. The van der Waals surface area contributed by atoms with E-state index in [1.54, 1.807) is 71.1 Å². The van der Waals surface area contributed by atoms with Crippen molar-refractivity contribution in [3.8, 4) is 69.3 Å². The summed E-state index contributed by atoms with van der Waals surface area (Å²) in [5, 5.41) is 0. The lowest BCUT2D eigenvalue weighted by atomic mass is 9.86. The summed E-state index contributed by atoms with van der Waals surface area (Å²) in [5.74, 6) is 10.1. The van der Waals surface area contributed by atoms with E-state index < -0.39 is 5.97 Å². The van der Waals surface area contributed by atoms with Crippen LogP contribution >= 0.6 is 0 Å². The van der Waals surface area contributed by atoms with Crippen molar-refractivity contribution in [2.24, 2.45) is 0 Å². The van der Waals surface area contributed by atoms with Gasteiger partial charge in [-0.15, -0.1) is 0 Å². The molecule has 388 valence electrons. The molecular formula is C54H70Cl2N2O13. The second-order valence-electron chi connectivity index (χ2n) is 17.9. The quantitative estimate of drug-likeness (QED) is 0.0280. The Balaban J connectivity index is 0.00000548. The van der Waals surface area contributed by atoms with E-state index in [0.717, 1.165) is 48.2 Å². The first-order valence-corrected chi connectivity index (χ1v) is 23.2. The molecule has 0 saturated heterocycles. The maximum Gasteiger partial charge on any atom is 0.384 e. The van der Waals surface area contributed by atoms with Gasteiger partial charge in [0.2, 0.25) is 17.3 Å². The van der Waals surface area contributed by atoms with Crippen LogP contribution in [-0.4, -0.2) is 139 Å². The molecule has 2 heterocycles. The summed E-state index contributed by atoms with van der Waals surface area (Å²) < 4.78 is 63.8.